The third-order valence-electron chi connectivity index (χ3n) is 3.06. The molecular formula is C12H22BrNO. The zero-order valence-corrected chi connectivity index (χ0v) is 11.2. The Morgan fingerprint density at radius 3 is 2.93 bits per heavy atom. The van der Waals surface area contributed by atoms with Gasteiger partial charge in [-0.05, 0) is 31.6 Å². The summed E-state index contributed by atoms with van der Waals surface area (Å²) in [5.41, 5.74) is 0. The van der Waals surface area contributed by atoms with Crippen molar-refractivity contribution in [1.29, 1.82) is 0 Å². The molecule has 1 saturated carbocycles. The topological polar surface area (TPSA) is 29.1 Å². The van der Waals surface area contributed by atoms with E-state index in [2.05, 4.69) is 28.2 Å². The number of carbonyl (C=O) groups is 1. The molecule has 1 amide bonds. The maximum absolute atomic E-state index is 11.4. The molecule has 1 fully saturated rings. The highest BCUT2D eigenvalue weighted by molar-refractivity contribution is 9.09. The van der Waals surface area contributed by atoms with Gasteiger partial charge in [0.25, 0.3) is 0 Å². The Bertz CT molecular complexity index is 196. The van der Waals surface area contributed by atoms with Crippen LogP contribution in [0.3, 0.4) is 0 Å². The highest BCUT2D eigenvalue weighted by Gasteiger charge is 2.19. The molecule has 0 aromatic rings. The number of halogens is 1. The third kappa shape index (κ3) is 5.55. The van der Waals surface area contributed by atoms with Gasteiger partial charge in [0.2, 0.25) is 5.91 Å². The van der Waals surface area contributed by atoms with Crippen LogP contribution in [0.25, 0.3) is 0 Å². The van der Waals surface area contributed by atoms with E-state index in [-0.39, 0.29) is 5.91 Å². The van der Waals surface area contributed by atoms with Crippen molar-refractivity contribution < 1.29 is 4.79 Å². The molecule has 0 heterocycles. The molecule has 1 aliphatic rings. The molecule has 1 N–H and O–H groups in total. The molecular weight excluding hydrogens is 254 g/mol. The Morgan fingerprint density at radius 2 is 2.27 bits per heavy atom. The van der Waals surface area contributed by atoms with Gasteiger partial charge in [0.15, 0.2) is 0 Å². The molecule has 1 aliphatic carbocycles. The van der Waals surface area contributed by atoms with E-state index in [1.54, 1.807) is 0 Å². The number of nitrogens with one attached hydrogen (secondary N) is 1. The summed E-state index contributed by atoms with van der Waals surface area (Å²) >= 11 is 3.66. The fraction of sp³-hybridized carbons (Fsp3) is 0.917. The number of carbonyl (C=O) groups excluding carboxylic acids is 1. The Hall–Kier alpha value is -0.0500. The lowest BCUT2D eigenvalue weighted by atomic mass is 9.89. The number of hydrogen-bond donors (Lipinski definition) is 1. The molecule has 2 atom stereocenters. The first-order valence-electron chi connectivity index (χ1n) is 6.13. The van der Waals surface area contributed by atoms with Crippen molar-refractivity contribution in [2.24, 2.45) is 5.92 Å². The second kappa shape index (κ2) is 7.26. The fourth-order valence-corrected chi connectivity index (χ4v) is 2.95. The standard InChI is InChI=1S/C12H22BrNO/c1-2-3-7-12(15)14-9-10-5-4-6-11(13)8-10/h10-11H,2-9H2,1H3,(H,14,15). The van der Waals surface area contributed by atoms with Gasteiger partial charge in [-0.2, -0.15) is 0 Å². The van der Waals surface area contributed by atoms with E-state index in [4.69, 9.17) is 0 Å². The van der Waals surface area contributed by atoms with Gasteiger partial charge in [-0.25, -0.2) is 0 Å². The first kappa shape index (κ1) is 13.0. The summed E-state index contributed by atoms with van der Waals surface area (Å²) in [5, 5.41) is 3.05. The van der Waals surface area contributed by atoms with Crippen LogP contribution in [0.5, 0.6) is 0 Å². The van der Waals surface area contributed by atoms with Crippen molar-refractivity contribution in [3.63, 3.8) is 0 Å². The normalized spacial score (nSPS) is 26.3. The number of hydrogen-bond acceptors (Lipinski definition) is 1. The summed E-state index contributed by atoms with van der Waals surface area (Å²) in [6.45, 7) is 2.99. The molecule has 0 aliphatic heterocycles. The van der Waals surface area contributed by atoms with Gasteiger partial charge in [0.05, 0.1) is 0 Å². The summed E-state index contributed by atoms with van der Waals surface area (Å²) in [7, 11) is 0. The van der Waals surface area contributed by atoms with E-state index in [1.807, 2.05) is 0 Å². The second-order valence-electron chi connectivity index (χ2n) is 4.54. The van der Waals surface area contributed by atoms with Gasteiger partial charge in [-0.15, -0.1) is 0 Å². The minimum atomic E-state index is 0.230. The predicted octanol–water partition coefficient (Wildman–Crippen LogP) is 3.25. The quantitative estimate of drug-likeness (QED) is 0.767. The van der Waals surface area contributed by atoms with Crippen molar-refractivity contribution in [1.82, 2.24) is 5.32 Å². The molecule has 0 radical (unpaired) electrons. The van der Waals surface area contributed by atoms with Crippen LogP contribution < -0.4 is 5.32 Å². The molecule has 1 rings (SSSR count). The van der Waals surface area contributed by atoms with Gasteiger partial charge in [-0.1, -0.05) is 35.7 Å². The van der Waals surface area contributed by atoms with Gasteiger partial charge in [0.1, 0.15) is 0 Å². The molecule has 2 nitrogen and oxygen atoms in total. The molecule has 3 heteroatoms. The van der Waals surface area contributed by atoms with Gasteiger partial charge < -0.3 is 5.32 Å². The predicted molar refractivity (Wildman–Crippen MR) is 67.2 cm³/mol. The first-order chi connectivity index (χ1) is 7.22. The Morgan fingerprint density at radius 1 is 1.47 bits per heavy atom. The maximum Gasteiger partial charge on any atom is 0.220 e. The molecule has 88 valence electrons. The van der Waals surface area contributed by atoms with Crippen LogP contribution in [0, 0.1) is 5.92 Å². The average molecular weight is 276 g/mol. The Kier molecular flexibility index (Phi) is 6.30. The number of alkyl halides is 1. The molecule has 2 unspecified atom stereocenters. The van der Waals surface area contributed by atoms with Crippen LogP contribution in [0.15, 0.2) is 0 Å². The lowest BCUT2D eigenvalue weighted by molar-refractivity contribution is -0.121. The number of unbranched alkanes of at least 4 members (excludes halogenated alkanes) is 1. The SMILES string of the molecule is CCCCC(=O)NCC1CCCC(Br)C1. The summed E-state index contributed by atoms with van der Waals surface area (Å²) in [4.78, 5) is 12.1. The monoisotopic (exact) mass is 275 g/mol. The molecule has 0 spiro atoms. The van der Waals surface area contributed by atoms with E-state index in [1.165, 1.54) is 25.7 Å². The highest BCUT2D eigenvalue weighted by atomic mass is 79.9. The summed E-state index contributed by atoms with van der Waals surface area (Å²) < 4.78 is 0. The van der Waals surface area contributed by atoms with Gasteiger partial charge in [-0.3, -0.25) is 4.79 Å². The average Bonchev–Trinajstić information content (AvgIpc) is 2.23. The van der Waals surface area contributed by atoms with Crippen LogP contribution in [-0.2, 0) is 4.79 Å². The number of rotatable bonds is 5. The van der Waals surface area contributed by atoms with Crippen LogP contribution in [0.2, 0.25) is 0 Å². The number of amides is 1. The fourth-order valence-electron chi connectivity index (χ4n) is 2.09. The van der Waals surface area contributed by atoms with E-state index in [0.29, 0.717) is 17.2 Å². The van der Waals surface area contributed by atoms with Gasteiger partial charge in [0, 0.05) is 17.8 Å². The van der Waals surface area contributed by atoms with Crippen LogP contribution in [-0.4, -0.2) is 17.3 Å². The third-order valence-corrected chi connectivity index (χ3v) is 3.90. The second-order valence-corrected chi connectivity index (χ2v) is 5.83. The lowest BCUT2D eigenvalue weighted by Gasteiger charge is -2.25. The van der Waals surface area contributed by atoms with E-state index < -0.39 is 0 Å². The molecule has 15 heavy (non-hydrogen) atoms. The Balaban J connectivity index is 2.10. The molecule has 0 bridgehead atoms. The summed E-state index contributed by atoms with van der Waals surface area (Å²) in [6, 6.07) is 0. The molecule has 0 aromatic heterocycles. The van der Waals surface area contributed by atoms with Crippen molar-refractivity contribution in [3.05, 3.63) is 0 Å². The van der Waals surface area contributed by atoms with Crippen LogP contribution in [0.1, 0.15) is 51.9 Å². The Labute approximate surface area is 101 Å². The van der Waals surface area contributed by atoms with Crippen LogP contribution >= 0.6 is 15.9 Å². The maximum atomic E-state index is 11.4. The minimum Gasteiger partial charge on any atom is -0.356 e. The summed E-state index contributed by atoms with van der Waals surface area (Å²) in [5.74, 6) is 0.919. The zero-order valence-electron chi connectivity index (χ0n) is 9.60. The first-order valence-corrected chi connectivity index (χ1v) is 7.04. The largest absolute Gasteiger partial charge is 0.356 e. The van der Waals surface area contributed by atoms with E-state index in [9.17, 15) is 4.79 Å². The summed E-state index contributed by atoms with van der Waals surface area (Å²) in [6.07, 6.45) is 7.88. The smallest absolute Gasteiger partial charge is 0.220 e. The van der Waals surface area contributed by atoms with Crippen molar-refractivity contribution >= 4 is 21.8 Å². The molecule has 0 aromatic carbocycles. The van der Waals surface area contributed by atoms with Crippen molar-refractivity contribution in [2.45, 2.75) is 56.7 Å². The lowest BCUT2D eigenvalue weighted by Crippen LogP contribution is -2.31. The zero-order chi connectivity index (χ0) is 11.1. The van der Waals surface area contributed by atoms with Crippen molar-refractivity contribution in [3.8, 4) is 0 Å². The van der Waals surface area contributed by atoms with Crippen LogP contribution in [0.4, 0.5) is 0 Å². The van der Waals surface area contributed by atoms with E-state index in [0.717, 1.165) is 19.4 Å². The van der Waals surface area contributed by atoms with Gasteiger partial charge >= 0.3 is 0 Å². The highest BCUT2D eigenvalue weighted by Crippen LogP contribution is 2.28. The molecule has 0 saturated heterocycles. The minimum absolute atomic E-state index is 0.230. The van der Waals surface area contributed by atoms with E-state index >= 15 is 0 Å². The van der Waals surface area contributed by atoms with Crippen molar-refractivity contribution in [2.75, 3.05) is 6.54 Å².